The number of ether oxygens (including phenoxy) is 1. The zero-order chi connectivity index (χ0) is 14.9. The number of carbonyl (C=O) groups is 2. The lowest BCUT2D eigenvalue weighted by Crippen LogP contribution is -2.43. The summed E-state index contributed by atoms with van der Waals surface area (Å²) >= 11 is 0. The molecule has 1 fully saturated rings. The van der Waals surface area contributed by atoms with Gasteiger partial charge in [-0.2, -0.15) is 5.10 Å². The Bertz CT molecular complexity index is 516. The number of hydrogen-bond donors (Lipinski definition) is 0. The third-order valence-electron chi connectivity index (χ3n) is 3.13. The molecule has 1 saturated heterocycles. The Morgan fingerprint density at radius 3 is 2.65 bits per heavy atom. The number of aryl methyl sites for hydroxylation is 1. The van der Waals surface area contributed by atoms with Crippen LogP contribution < -0.4 is 0 Å². The minimum Gasteiger partial charge on any atom is -0.458 e. The van der Waals surface area contributed by atoms with Gasteiger partial charge in [0.25, 0.3) is 5.91 Å². The second-order valence-corrected chi connectivity index (χ2v) is 6.06. The molecule has 6 heteroatoms. The van der Waals surface area contributed by atoms with Crippen LogP contribution >= 0.6 is 0 Å². The van der Waals surface area contributed by atoms with Crippen LogP contribution in [0.2, 0.25) is 0 Å². The number of likely N-dealkylation sites (tertiary alicyclic amines) is 1. The van der Waals surface area contributed by atoms with Crippen molar-refractivity contribution in [3.05, 3.63) is 18.0 Å². The van der Waals surface area contributed by atoms with Crippen LogP contribution in [-0.4, -0.2) is 44.7 Å². The molecule has 0 N–H and O–H groups in total. The van der Waals surface area contributed by atoms with E-state index >= 15 is 0 Å². The van der Waals surface area contributed by atoms with E-state index in [2.05, 4.69) is 5.10 Å². The van der Waals surface area contributed by atoms with Crippen molar-refractivity contribution in [3.8, 4) is 0 Å². The Balaban J connectivity index is 2.11. The summed E-state index contributed by atoms with van der Waals surface area (Å²) in [5, 5.41) is 4.10. The molecule has 1 aliphatic heterocycles. The van der Waals surface area contributed by atoms with Gasteiger partial charge in [-0.05, 0) is 39.7 Å². The highest BCUT2D eigenvalue weighted by atomic mass is 16.6. The van der Waals surface area contributed by atoms with Crippen LogP contribution in [0.3, 0.4) is 0 Å². The number of carbonyl (C=O) groups excluding carboxylic acids is 2. The van der Waals surface area contributed by atoms with E-state index in [9.17, 15) is 9.59 Å². The van der Waals surface area contributed by atoms with E-state index in [4.69, 9.17) is 4.74 Å². The van der Waals surface area contributed by atoms with Gasteiger partial charge in [0.05, 0.1) is 0 Å². The van der Waals surface area contributed by atoms with Gasteiger partial charge in [0.2, 0.25) is 0 Å². The SMILES string of the molecule is Cn1ccc(C(=O)N2CCC[C@H]2C(=O)OC(C)(C)C)n1. The van der Waals surface area contributed by atoms with Crippen LogP contribution in [0.15, 0.2) is 12.3 Å². The first-order chi connectivity index (χ1) is 9.28. The van der Waals surface area contributed by atoms with Crippen LogP contribution in [0, 0.1) is 0 Å². The Morgan fingerprint density at radius 1 is 1.40 bits per heavy atom. The van der Waals surface area contributed by atoms with Crippen molar-refractivity contribution in [2.45, 2.75) is 45.3 Å². The molecule has 0 bridgehead atoms. The minimum atomic E-state index is -0.542. The summed E-state index contributed by atoms with van der Waals surface area (Å²) in [4.78, 5) is 26.1. The molecule has 1 aromatic heterocycles. The molecule has 2 heterocycles. The minimum absolute atomic E-state index is 0.209. The molecule has 1 aromatic rings. The normalized spacial score (nSPS) is 19.2. The number of esters is 1. The second kappa shape index (κ2) is 5.26. The molecule has 1 amide bonds. The summed E-state index contributed by atoms with van der Waals surface area (Å²) in [7, 11) is 1.76. The molecular weight excluding hydrogens is 258 g/mol. The predicted octanol–water partition coefficient (Wildman–Crippen LogP) is 1.37. The molecule has 0 radical (unpaired) electrons. The smallest absolute Gasteiger partial charge is 0.329 e. The van der Waals surface area contributed by atoms with E-state index in [1.165, 1.54) is 0 Å². The van der Waals surface area contributed by atoms with E-state index in [1.807, 2.05) is 20.8 Å². The van der Waals surface area contributed by atoms with Crippen LogP contribution in [0.25, 0.3) is 0 Å². The highest BCUT2D eigenvalue weighted by molar-refractivity contribution is 5.95. The highest BCUT2D eigenvalue weighted by Gasteiger charge is 2.37. The van der Waals surface area contributed by atoms with Gasteiger partial charge in [-0.25, -0.2) is 4.79 Å². The molecule has 0 unspecified atom stereocenters. The molecule has 6 nitrogen and oxygen atoms in total. The number of nitrogens with zero attached hydrogens (tertiary/aromatic N) is 3. The van der Waals surface area contributed by atoms with Gasteiger partial charge < -0.3 is 9.64 Å². The monoisotopic (exact) mass is 279 g/mol. The maximum atomic E-state index is 12.4. The van der Waals surface area contributed by atoms with Gasteiger partial charge in [0.1, 0.15) is 17.3 Å². The van der Waals surface area contributed by atoms with Gasteiger partial charge in [-0.15, -0.1) is 0 Å². The van der Waals surface area contributed by atoms with E-state index in [0.29, 0.717) is 18.7 Å². The average molecular weight is 279 g/mol. The Kier molecular flexibility index (Phi) is 3.83. The van der Waals surface area contributed by atoms with Crippen molar-refractivity contribution in [3.63, 3.8) is 0 Å². The maximum Gasteiger partial charge on any atom is 0.329 e. The van der Waals surface area contributed by atoms with Crippen LogP contribution in [-0.2, 0) is 16.6 Å². The molecule has 1 atom stereocenters. The quantitative estimate of drug-likeness (QED) is 0.767. The molecule has 20 heavy (non-hydrogen) atoms. The lowest BCUT2D eigenvalue weighted by atomic mass is 10.1. The zero-order valence-corrected chi connectivity index (χ0v) is 12.4. The highest BCUT2D eigenvalue weighted by Crippen LogP contribution is 2.22. The van der Waals surface area contributed by atoms with Crippen molar-refractivity contribution in [2.24, 2.45) is 7.05 Å². The Labute approximate surface area is 118 Å². The third-order valence-corrected chi connectivity index (χ3v) is 3.13. The molecule has 0 saturated carbocycles. The molecular formula is C14H21N3O3. The molecule has 0 spiro atoms. The fourth-order valence-electron chi connectivity index (χ4n) is 2.30. The fourth-order valence-corrected chi connectivity index (χ4v) is 2.30. The van der Waals surface area contributed by atoms with Gasteiger partial charge in [0, 0.05) is 19.8 Å². The van der Waals surface area contributed by atoms with E-state index in [1.54, 1.807) is 28.9 Å². The van der Waals surface area contributed by atoms with Crippen molar-refractivity contribution in [1.82, 2.24) is 14.7 Å². The number of amides is 1. The van der Waals surface area contributed by atoms with E-state index < -0.39 is 11.6 Å². The first-order valence-electron chi connectivity index (χ1n) is 6.81. The van der Waals surface area contributed by atoms with E-state index in [-0.39, 0.29) is 11.9 Å². The first kappa shape index (κ1) is 14.6. The Morgan fingerprint density at radius 2 is 2.10 bits per heavy atom. The van der Waals surface area contributed by atoms with Gasteiger partial charge >= 0.3 is 5.97 Å². The summed E-state index contributed by atoms with van der Waals surface area (Å²) in [6.45, 7) is 6.04. The summed E-state index contributed by atoms with van der Waals surface area (Å²) in [5.74, 6) is -0.543. The molecule has 1 aliphatic rings. The number of hydrogen-bond acceptors (Lipinski definition) is 4. The lowest BCUT2D eigenvalue weighted by Gasteiger charge is -2.27. The van der Waals surface area contributed by atoms with Gasteiger partial charge in [0.15, 0.2) is 0 Å². The summed E-state index contributed by atoms with van der Waals surface area (Å²) in [6, 6.07) is 1.16. The molecule has 2 rings (SSSR count). The Hall–Kier alpha value is -1.85. The number of aromatic nitrogens is 2. The van der Waals surface area contributed by atoms with Gasteiger partial charge in [-0.1, -0.05) is 0 Å². The second-order valence-electron chi connectivity index (χ2n) is 6.06. The molecule has 110 valence electrons. The van der Waals surface area contributed by atoms with Gasteiger partial charge in [-0.3, -0.25) is 9.48 Å². The van der Waals surface area contributed by atoms with Crippen molar-refractivity contribution in [1.29, 1.82) is 0 Å². The van der Waals surface area contributed by atoms with Crippen molar-refractivity contribution in [2.75, 3.05) is 6.54 Å². The number of rotatable bonds is 2. The fraction of sp³-hybridized carbons (Fsp3) is 0.643. The summed E-state index contributed by atoms with van der Waals surface area (Å²) < 4.78 is 6.96. The largest absolute Gasteiger partial charge is 0.458 e. The van der Waals surface area contributed by atoms with Crippen molar-refractivity contribution >= 4 is 11.9 Å². The van der Waals surface area contributed by atoms with Crippen LogP contribution in [0.4, 0.5) is 0 Å². The maximum absolute atomic E-state index is 12.4. The first-order valence-corrected chi connectivity index (χ1v) is 6.81. The lowest BCUT2D eigenvalue weighted by molar-refractivity contribution is -0.159. The topological polar surface area (TPSA) is 64.4 Å². The summed E-state index contributed by atoms with van der Waals surface area (Å²) in [5.41, 5.74) is -0.178. The predicted molar refractivity (Wildman–Crippen MR) is 73.1 cm³/mol. The zero-order valence-electron chi connectivity index (χ0n) is 12.4. The van der Waals surface area contributed by atoms with Crippen LogP contribution in [0.5, 0.6) is 0 Å². The van der Waals surface area contributed by atoms with E-state index in [0.717, 1.165) is 6.42 Å². The average Bonchev–Trinajstić information content (AvgIpc) is 2.93. The van der Waals surface area contributed by atoms with Crippen molar-refractivity contribution < 1.29 is 14.3 Å². The van der Waals surface area contributed by atoms with Crippen LogP contribution in [0.1, 0.15) is 44.1 Å². The third kappa shape index (κ3) is 3.18. The molecule has 0 aliphatic carbocycles. The standard InChI is InChI=1S/C14H21N3O3/c1-14(2,3)20-13(19)11-6-5-8-17(11)12(18)10-7-9-16(4)15-10/h7,9,11H,5-6,8H2,1-4H3/t11-/m0/s1. The molecule has 0 aromatic carbocycles. The summed E-state index contributed by atoms with van der Waals surface area (Å²) in [6.07, 6.45) is 3.17.